The molecule has 3 nitrogen and oxygen atoms in total. The molecule has 0 aliphatic carbocycles. The molecule has 1 aliphatic rings. The molecule has 0 bridgehead atoms. The van der Waals surface area contributed by atoms with Crippen LogP contribution in [-0.4, -0.2) is 41.9 Å². The van der Waals surface area contributed by atoms with Gasteiger partial charge in [-0.25, -0.2) is 0 Å². The first-order valence-corrected chi connectivity index (χ1v) is 7.68. The zero-order valence-corrected chi connectivity index (χ0v) is 12.9. The minimum Gasteiger partial charge on any atom is -0.338 e. The fourth-order valence-electron chi connectivity index (χ4n) is 2.89. The average molecular weight is 274 g/mol. The largest absolute Gasteiger partial charge is 0.338 e. The van der Waals surface area contributed by atoms with Gasteiger partial charge in [0.15, 0.2) is 0 Å². The van der Waals surface area contributed by atoms with E-state index in [-0.39, 0.29) is 0 Å². The SMILES string of the molecule is CCN(CC)CC1CC(=O)N(Cc2ccc(C)cc2)C1. The normalized spacial score (nSPS) is 19.1. The molecule has 1 fully saturated rings. The first-order valence-electron chi connectivity index (χ1n) is 7.68. The highest BCUT2D eigenvalue weighted by Crippen LogP contribution is 2.21. The van der Waals surface area contributed by atoms with Crippen LogP contribution in [0, 0.1) is 12.8 Å². The van der Waals surface area contributed by atoms with Crippen LogP contribution in [0.2, 0.25) is 0 Å². The van der Waals surface area contributed by atoms with Gasteiger partial charge in [-0.15, -0.1) is 0 Å². The molecule has 3 heteroatoms. The number of benzene rings is 1. The molecule has 0 aromatic heterocycles. The van der Waals surface area contributed by atoms with Crippen LogP contribution in [-0.2, 0) is 11.3 Å². The highest BCUT2D eigenvalue weighted by Gasteiger charge is 2.30. The first-order chi connectivity index (χ1) is 9.62. The summed E-state index contributed by atoms with van der Waals surface area (Å²) in [6.45, 7) is 11.3. The van der Waals surface area contributed by atoms with Gasteiger partial charge in [-0.3, -0.25) is 4.79 Å². The summed E-state index contributed by atoms with van der Waals surface area (Å²) in [6, 6.07) is 8.48. The average Bonchev–Trinajstić information content (AvgIpc) is 2.79. The Balaban J connectivity index is 1.90. The molecule has 1 atom stereocenters. The van der Waals surface area contributed by atoms with Crippen LogP contribution in [0.4, 0.5) is 0 Å². The fraction of sp³-hybridized carbons (Fsp3) is 0.588. The topological polar surface area (TPSA) is 23.6 Å². The number of carbonyl (C=O) groups excluding carboxylic acids is 1. The molecule has 1 aliphatic heterocycles. The van der Waals surface area contributed by atoms with E-state index >= 15 is 0 Å². The highest BCUT2D eigenvalue weighted by atomic mass is 16.2. The van der Waals surface area contributed by atoms with Gasteiger partial charge in [-0.2, -0.15) is 0 Å². The molecule has 1 heterocycles. The van der Waals surface area contributed by atoms with Crippen molar-refractivity contribution in [2.24, 2.45) is 5.92 Å². The Hall–Kier alpha value is -1.35. The van der Waals surface area contributed by atoms with E-state index in [0.717, 1.165) is 32.7 Å². The molecule has 1 amide bonds. The molecule has 1 aromatic rings. The summed E-state index contributed by atoms with van der Waals surface area (Å²) >= 11 is 0. The van der Waals surface area contributed by atoms with E-state index in [1.807, 2.05) is 4.90 Å². The summed E-state index contributed by atoms with van der Waals surface area (Å²) in [6.07, 6.45) is 0.711. The zero-order chi connectivity index (χ0) is 14.5. The number of aryl methyl sites for hydroxylation is 1. The van der Waals surface area contributed by atoms with Crippen molar-refractivity contribution in [3.8, 4) is 0 Å². The Kier molecular flexibility index (Phi) is 5.18. The van der Waals surface area contributed by atoms with Gasteiger partial charge >= 0.3 is 0 Å². The Morgan fingerprint density at radius 1 is 1.20 bits per heavy atom. The van der Waals surface area contributed by atoms with E-state index < -0.39 is 0 Å². The minimum atomic E-state index is 0.308. The molecule has 0 saturated carbocycles. The monoisotopic (exact) mass is 274 g/mol. The Bertz CT molecular complexity index is 437. The van der Waals surface area contributed by atoms with E-state index in [9.17, 15) is 4.79 Å². The second kappa shape index (κ2) is 6.89. The second-order valence-corrected chi connectivity index (χ2v) is 5.82. The summed E-state index contributed by atoms with van der Waals surface area (Å²) in [7, 11) is 0. The number of nitrogens with zero attached hydrogens (tertiary/aromatic N) is 2. The van der Waals surface area contributed by atoms with Crippen molar-refractivity contribution >= 4 is 5.91 Å². The number of rotatable bonds is 6. The van der Waals surface area contributed by atoms with Crippen molar-refractivity contribution in [3.05, 3.63) is 35.4 Å². The number of hydrogen-bond acceptors (Lipinski definition) is 2. The van der Waals surface area contributed by atoms with Gasteiger partial charge in [0, 0.05) is 26.1 Å². The molecule has 0 N–H and O–H groups in total. The van der Waals surface area contributed by atoms with Crippen LogP contribution < -0.4 is 0 Å². The molecule has 1 unspecified atom stereocenters. The van der Waals surface area contributed by atoms with Crippen LogP contribution in [0.25, 0.3) is 0 Å². The van der Waals surface area contributed by atoms with Crippen molar-refractivity contribution in [2.45, 2.75) is 33.7 Å². The third kappa shape index (κ3) is 3.83. The third-order valence-corrected chi connectivity index (χ3v) is 4.20. The van der Waals surface area contributed by atoms with Crippen molar-refractivity contribution in [1.29, 1.82) is 0 Å². The summed E-state index contributed by atoms with van der Waals surface area (Å²) in [5, 5.41) is 0. The lowest BCUT2D eigenvalue weighted by atomic mass is 10.1. The van der Waals surface area contributed by atoms with Gasteiger partial charge in [0.25, 0.3) is 0 Å². The van der Waals surface area contributed by atoms with Crippen molar-refractivity contribution in [2.75, 3.05) is 26.2 Å². The molecule has 2 rings (SSSR count). The second-order valence-electron chi connectivity index (χ2n) is 5.82. The third-order valence-electron chi connectivity index (χ3n) is 4.20. The summed E-state index contributed by atoms with van der Waals surface area (Å²) in [5.41, 5.74) is 2.49. The summed E-state index contributed by atoms with van der Waals surface area (Å²) in [5.74, 6) is 0.801. The first kappa shape index (κ1) is 15.0. The van der Waals surface area contributed by atoms with Gasteiger partial charge < -0.3 is 9.80 Å². The standard InChI is InChI=1S/C17H26N2O/c1-4-18(5-2)11-16-10-17(20)19(13-16)12-15-8-6-14(3)7-9-15/h6-9,16H,4-5,10-13H2,1-3H3. The van der Waals surface area contributed by atoms with E-state index in [4.69, 9.17) is 0 Å². The van der Waals surface area contributed by atoms with E-state index in [1.54, 1.807) is 0 Å². The highest BCUT2D eigenvalue weighted by molar-refractivity contribution is 5.78. The van der Waals surface area contributed by atoms with Crippen LogP contribution in [0.15, 0.2) is 24.3 Å². The Morgan fingerprint density at radius 2 is 1.85 bits per heavy atom. The molecule has 110 valence electrons. The summed E-state index contributed by atoms with van der Waals surface area (Å²) < 4.78 is 0. The minimum absolute atomic E-state index is 0.308. The van der Waals surface area contributed by atoms with Crippen LogP contribution in [0.1, 0.15) is 31.4 Å². The lowest BCUT2D eigenvalue weighted by molar-refractivity contribution is -0.128. The lowest BCUT2D eigenvalue weighted by Gasteiger charge is -2.22. The van der Waals surface area contributed by atoms with Crippen molar-refractivity contribution < 1.29 is 4.79 Å². The lowest BCUT2D eigenvalue weighted by Crippen LogP contribution is -2.31. The maximum atomic E-state index is 12.1. The van der Waals surface area contributed by atoms with Crippen molar-refractivity contribution in [1.82, 2.24) is 9.80 Å². The van der Waals surface area contributed by atoms with Crippen LogP contribution >= 0.6 is 0 Å². The summed E-state index contributed by atoms with van der Waals surface area (Å²) in [4.78, 5) is 16.5. The predicted molar refractivity (Wildman–Crippen MR) is 82.5 cm³/mol. The van der Waals surface area contributed by atoms with Crippen molar-refractivity contribution in [3.63, 3.8) is 0 Å². The molecule has 1 saturated heterocycles. The maximum Gasteiger partial charge on any atom is 0.223 e. The van der Waals surface area contributed by atoms with Gasteiger partial charge in [0.1, 0.15) is 0 Å². The Labute approximate surface area is 122 Å². The molecule has 0 radical (unpaired) electrons. The van der Waals surface area contributed by atoms with Gasteiger partial charge in [0.2, 0.25) is 5.91 Å². The predicted octanol–water partition coefficient (Wildman–Crippen LogP) is 2.69. The van der Waals surface area contributed by atoms with E-state index in [1.165, 1.54) is 11.1 Å². The Morgan fingerprint density at radius 3 is 2.45 bits per heavy atom. The number of likely N-dealkylation sites (tertiary alicyclic amines) is 1. The van der Waals surface area contributed by atoms with Gasteiger partial charge in [-0.05, 0) is 31.5 Å². The smallest absolute Gasteiger partial charge is 0.223 e. The van der Waals surface area contributed by atoms with Crippen LogP contribution in [0.5, 0.6) is 0 Å². The number of hydrogen-bond donors (Lipinski definition) is 0. The zero-order valence-electron chi connectivity index (χ0n) is 12.9. The van der Waals surface area contributed by atoms with E-state index in [0.29, 0.717) is 18.2 Å². The quantitative estimate of drug-likeness (QED) is 0.796. The maximum absolute atomic E-state index is 12.1. The van der Waals surface area contributed by atoms with Gasteiger partial charge in [-0.1, -0.05) is 43.7 Å². The molecular weight excluding hydrogens is 248 g/mol. The van der Waals surface area contributed by atoms with Gasteiger partial charge in [0.05, 0.1) is 0 Å². The van der Waals surface area contributed by atoms with E-state index in [2.05, 4.69) is 49.9 Å². The molecule has 0 spiro atoms. The number of carbonyl (C=O) groups is 1. The fourth-order valence-corrected chi connectivity index (χ4v) is 2.89. The molecular formula is C17H26N2O. The molecule has 20 heavy (non-hydrogen) atoms. The number of amides is 1. The van der Waals surface area contributed by atoms with Crippen LogP contribution in [0.3, 0.4) is 0 Å². The molecule has 1 aromatic carbocycles.